The molecule has 3 N–H and O–H groups in total. The van der Waals surface area contributed by atoms with Crippen LogP contribution in [0.5, 0.6) is 0 Å². The van der Waals surface area contributed by atoms with Crippen LogP contribution < -0.4 is 11.1 Å². The van der Waals surface area contributed by atoms with Crippen molar-refractivity contribution in [1.29, 1.82) is 0 Å². The first-order valence-electron chi connectivity index (χ1n) is 8.44. The summed E-state index contributed by atoms with van der Waals surface area (Å²) in [6.45, 7) is 2.82. The van der Waals surface area contributed by atoms with Crippen LogP contribution in [0.4, 0.5) is 4.79 Å². The number of unbranched alkanes of at least 4 members (excludes halogenated alkanes) is 4. The van der Waals surface area contributed by atoms with Crippen molar-refractivity contribution in [2.45, 2.75) is 52.0 Å². The Hall–Kier alpha value is -2.37. The summed E-state index contributed by atoms with van der Waals surface area (Å²) in [5.41, 5.74) is 5.99. The average Bonchev–Trinajstić information content (AvgIpc) is 2.86. The molecular weight excluding hydrogens is 306 g/mol. The van der Waals surface area contributed by atoms with Crippen LogP contribution in [0.25, 0.3) is 0 Å². The molecular formula is C18H27N3O3. The summed E-state index contributed by atoms with van der Waals surface area (Å²) >= 11 is 0. The van der Waals surface area contributed by atoms with Crippen LogP contribution in [-0.4, -0.2) is 29.3 Å². The van der Waals surface area contributed by atoms with Gasteiger partial charge in [0.25, 0.3) is 0 Å². The van der Waals surface area contributed by atoms with E-state index in [1.165, 1.54) is 24.2 Å². The monoisotopic (exact) mass is 333 g/mol. The van der Waals surface area contributed by atoms with Crippen molar-refractivity contribution in [2.24, 2.45) is 5.73 Å². The van der Waals surface area contributed by atoms with Gasteiger partial charge in [-0.2, -0.15) is 0 Å². The molecule has 0 bridgehead atoms. The molecule has 1 saturated heterocycles. The van der Waals surface area contributed by atoms with Crippen molar-refractivity contribution < 1.29 is 14.4 Å². The molecule has 1 fully saturated rings. The van der Waals surface area contributed by atoms with Crippen molar-refractivity contribution >= 4 is 17.8 Å². The molecule has 132 valence electrons. The first-order chi connectivity index (χ1) is 11.5. The molecule has 0 radical (unpaired) electrons. The van der Waals surface area contributed by atoms with Gasteiger partial charge in [-0.3, -0.25) is 14.9 Å². The summed E-state index contributed by atoms with van der Waals surface area (Å²) in [4.78, 5) is 33.8. The minimum atomic E-state index is -0.307. The molecule has 0 aromatic heterocycles. The summed E-state index contributed by atoms with van der Waals surface area (Å²) in [6.07, 6.45) is 6.44. The quantitative estimate of drug-likeness (QED) is 0.565. The number of rotatable bonds is 8. The number of primary amides is 1. The molecule has 0 spiro atoms. The lowest BCUT2D eigenvalue weighted by molar-refractivity contribution is -0.119. The predicted octanol–water partition coefficient (Wildman–Crippen LogP) is 2.57. The van der Waals surface area contributed by atoms with Crippen LogP contribution in [0.15, 0.2) is 30.3 Å². The minimum absolute atomic E-state index is 0.160. The second-order valence-electron chi connectivity index (χ2n) is 5.83. The van der Waals surface area contributed by atoms with Gasteiger partial charge in [0.2, 0.25) is 11.8 Å². The maximum Gasteiger partial charge on any atom is 0.324 e. The maximum atomic E-state index is 11.2. The van der Waals surface area contributed by atoms with Crippen LogP contribution >= 0.6 is 0 Å². The summed E-state index contributed by atoms with van der Waals surface area (Å²) in [5, 5.41) is 2.24. The van der Waals surface area contributed by atoms with Crippen molar-refractivity contribution in [3.05, 3.63) is 35.9 Å². The number of nitrogens with zero attached hydrogens (tertiary/aromatic N) is 1. The average molecular weight is 333 g/mol. The molecule has 0 atom stereocenters. The zero-order chi connectivity index (χ0) is 17.8. The van der Waals surface area contributed by atoms with Gasteiger partial charge in [0.05, 0.1) is 0 Å². The highest BCUT2D eigenvalue weighted by molar-refractivity contribution is 6.01. The van der Waals surface area contributed by atoms with Crippen LogP contribution in [0.2, 0.25) is 0 Å². The van der Waals surface area contributed by atoms with Gasteiger partial charge in [-0.15, -0.1) is 0 Å². The molecule has 6 nitrogen and oxygen atoms in total. The van der Waals surface area contributed by atoms with E-state index in [2.05, 4.69) is 12.2 Å². The van der Waals surface area contributed by atoms with Crippen LogP contribution in [0.3, 0.4) is 0 Å². The number of carbonyl (C=O) groups is 3. The Morgan fingerprint density at radius 1 is 1.12 bits per heavy atom. The topological polar surface area (TPSA) is 92.5 Å². The minimum Gasteiger partial charge on any atom is -0.370 e. The number of nitrogens with two attached hydrogens (primary N) is 1. The third kappa shape index (κ3) is 8.31. The van der Waals surface area contributed by atoms with Crippen molar-refractivity contribution in [1.82, 2.24) is 10.2 Å². The number of imide groups is 1. The summed E-state index contributed by atoms with van der Waals surface area (Å²) in [5.74, 6) is -0.401. The Kier molecular flexibility index (Phi) is 9.19. The number of urea groups is 1. The summed E-state index contributed by atoms with van der Waals surface area (Å²) < 4.78 is 0. The van der Waals surface area contributed by atoms with Gasteiger partial charge in [0.1, 0.15) is 6.54 Å². The number of hydrogen-bond acceptors (Lipinski definition) is 3. The molecule has 24 heavy (non-hydrogen) atoms. The third-order valence-corrected chi connectivity index (χ3v) is 3.61. The molecule has 0 aliphatic carbocycles. The molecule has 1 heterocycles. The van der Waals surface area contributed by atoms with Crippen molar-refractivity contribution in [2.75, 3.05) is 6.54 Å². The predicted molar refractivity (Wildman–Crippen MR) is 93.0 cm³/mol. The Labute approximate surface area is 143 Å². The highest BCUT2D eigenvalue weighted by Gasteiger charge is 2.26. The van der Waals surface area contributed by atoms with E-state index in [4.69, 9.17) is 5.73 Å². The smallest absolute Gasteiger partial charge is 0.324 e. The molecule has 6 heteroatoms. The first-order valence-corrected chi connectivity index (χ1v) is 8.44. The Morgan fingerprint density at radius 2 is 1.79 bits per heavy atom. The van der Waals surface area contributed by atoms with E-state index in [0.717, 1.165) is 18.4 Å². The van der Waals surface area contributed by atoms with E-state index in [-0.39, 0.29) is 24.4 Å². The Balaban J connectivity index is 0.000000257. The van der Waals surface area contributed by atoms with Crippen LogP contribution in [0, 0.1) is 0 Å². The van der Waals surface area contributed by atoms with Gasteiger partial charge in [-0.25, -0.2) is 4.79 Å². The highest BCUT2D eigenvalue weighted by Crippen LogP contribution is 2.07. The van der Waals surface area contributed by atoms with E-state index in [9.17, 15) is 14.4 Å². The summed E-state index contributed by atoms with van der Waals surface area (Å²) in [7, 11) is 0. The first kappa shape index (κ1) is 19.7. The molecule has 1 aliphatic heterocycles. The largest absolute Gasteiger partial charge is 0.370 e. The highest BCUT2D eigenvalue weighted by atomic mass is 16.2. The second-order valence-corrected chi connectivity index (χ2v) is 5.83. The molecule has 4 amide bonds. The second kappa shape index (κ2) is 11.2. The summed E-state index contributed by atoms with van der Waals surface area (Å²) in [6, 6.07) is 9.28. The van der Waals surface area contributed by atoms with E-state index in [0.29, 0.717) is 13.0 Å². The number of benzene rings is 1. The molecule has 1 aromatic carbocycles. The third-order valence-electron chi connectivity index (χ3n) is 3.61. The lowest BCUT2D eigenvalue weighted by Crippen LogP contribution is -2.27. The Morgan fingerprint density at radius 3 is 2.33 bits per heavy atom. The number of amides is 4. The van der Waals surface area contributed by atoms with Crippen LogP contribution in [-0.2, 0) is 16.1 Å². The zero-order valence-electron chi connectivity index (χ0n) is 14.3. The van der Waals surface area contributed by atoms with E-state index >= 15 is 0 Å². The van der Waals surface area contributed by atoms with Crippen molar-refractivity contribution in [3.8, 4) is 0 Å². The lowest BCUT2D eigenvalue weighted by atomic mass is 10.1. The van der Waals surface area contributed by atoms with E-state index in [1.807, 2.05) is 30.3 Å². The fourth-order valence-electron chi connectivity index (χ4n) is 2.32. The van der Waals surface area contributed by atoms with Gasteiger partial charge >= 0.3 is 6.03 Å². The SMILES string of the molecule is CCCCCCCC(N)=O.O=C1CN(Cc2ccccc2)C(=O)N1. The van der Waals surface area contributed by atoms with Gasteiger partial charge < -0.3 is 10.6 Å². The van der Waals surface area contributed by atoms with Gasteiger partial charge in [0.15, 0.2) is 0 Å². The van der Waals surface area contributed by atoms with Gasteiger partial charge in [-0.05, 0) is 12.0 Å². The molecule has 1 aromatic rings. The Bertz CT molecular complexity index is 532. The fourth-order valence-corrected chi connectivity index (χ4v) is 2.32. The zero-order valence-corrected chi connectivity index (χ0v) is 14.3. The normalized spacial score (nSPS) is 13.3. The molecule has 1 aliphatic rings. The van der Waals surface area contributed by atoms with E-state index in [1.54, 1.807) is 0 Å². The van der Waals surface area contributed by atoms with E-state index < -0.39 is 0 Å². The number of hydrogen-bond donors (Lipinski definition) is 2. The molecule has 0 saturated carbocycles. The standard InChI is InChI=1S/C10H10N2O2.C8H17NO/c13-9-7-12(10(14)11-9)6-8-4-2-1-3-5-8;1-2-3-4-5-6-7-8(9)10/h1-5H,6-7H2,(H,11,13,14);2-7H2,1H3,(H2,9,10). The number of nitrogens with one attached hydrogen (secondary N) is 1. The fraction of sp³-hybridized carbons (Fsp3) is 0.500. The van der Waals surface area contributed by atoms with Crippen molar-refractivity contribution in [3.63, 3.8) is 0 Å². The molecule has 2 rings (SSSR count). The van der Waals surface area contributed by atoms with Crippen LogP contribution in [0.1, 0.15) is 51.0 Å². The maximum absolute atomic E-state index is 11.2. The van der Waals surface area contributed by atoms with Gasteiger partial charge in [0, 0.05) is 13.0 Å². The number of carbonyl (C=O) groups excluding carboxylic acids is 3. The molecule has 0 unspecified atom stereocenters. The van der Waals surface area contributed by atoms with Gasteiger partial charge in [-0.1, -0.05) is 62.9 Å². The lowest BCUT2D eigenvalue weighted by Gasteiger charge is -2.12.